The molecule has 2 N–H and O–H groups in total. The molecular formula is C13H20BrNO3S. The number of sulfonamides is 1. The van der Waals surface area contributed by atoms with Gasteiger partial charge in [-0.15, -0.1) is 0 Å². The van der Waals surface area contributed by atoms with Crippen molar-refractivity contribution < 1.29 is 13.5 Å². The third-order valence-electron chi connectivity index (χ3n) is 3.09. The summed E-state index contributed by atoms with van der Waals surface area (Å²) in [6.45, 7) is 7.36. The van der Waals surface area contributed by atoms with Crippen molar-refractivity contribution in [2.24, 2.45) is 5.92 Å². The molecule has 1 atom stereocenters. The molecule has 4 nitrogen and oxygen atoms in total. The summed E-state index contributed by atoms with van der Waals surface area (Å²) in [6, 6.07) is 3.09. The fourth-order valence-electron chi connectivity index (χ4n) is 1.54. The molecule has 0 aliphatic carbocycles. The summed E-state index contributed by atoms with van der Waals surface area (Å²) in [5.41, 5.74) is 1.36. The number of halogens is 1. The van der Waals surface area contributed by atoms with Gasteiger partial charge in [-0.05, 0) is 52.9 Å². The Hall–Kier alpha value is -0.430. The lowest BCUT2D eigenvalue weighted by atomic mass is 10.1. The SMILES string of the molecule is Cc1cc(CO)cc(S(=O)(=O)NC(C)C(C)C)c1Br. The van der Waals surface area contributed by atoms with Crippen molar-refractivity contribution in [2.75, 3.05) is 0 Å². The number of rotatable bonds is 5. The van der Waals surface area contributed by atoms with E-state index in [1.165, 1.54) is 6.07 Å². The number of aliphatic hydroxyl groups is 1. The lowest BCUT2D eigenvalue weighted by molar-refractivity contribution is 0.281. The van der Waals surface area contributed by atoms with Crippen LogP contribution < -0.4 is 4.72 Å². The van der Waals surface area contributed by atoms with Crippen LogP contribution in [0.25, 0.3) is 0 Å². The summed E-state index contributed by atoms with van der Waals surface area (Å²) in [4.78, 5) is 0.170. The van der Waals surface area contributed by atoms with E-state index in [9.17, 15) is 13.5 Å². The second-order valence-corrected chi connectivity index (χ2v) is 7.51. The summed E-state index contributed by atoms with van der Waals surface area (Å²) in [5.74, 6) is 0.204. The number of benzene rings is 1. The Balaban J connectivity index is 3.25. The van der Waals surface area contributed by atoms with Gasteiger partial charge in [-0.3, -0.25) is 0 Å². The summed E-state index contributed by atoms with van der Waals surface area (Å²) in [6.07, 6.45) is 0. The molecule has 0 amide bonds. The summed E-state index contributed by atoms with van der Waals surface area (Å²) in [7, 11) is -3.60. The minimum atomic E-state index is -3.60. The maximum absolute atomic E-state index is 12.4. The van der Waals surface area contributed by atoms with Crippen molar-refractivity contribution >= 4 is 26.0 Å². The smallest absolute Gasteiger partial charge is 0.241 e. The van der Waals surface area contributed by atoms with Gasteiger partial charge in [0.05, 0.1) is 11.5 Å². The Morgan fingerprint density at radius 2 is 1.89 bits per heavy atom. The highest BCUT2D eigenvalue weighted by atomic mass is 79.9. The Kier molecular flexibility index (Phi) is 5.55. The maximum atomic E-state index is 12.4. The topological polar surface area (TPSA) is 66.4 Å². The lowest BCUT2D eigenvalue weighted by Gasteiger charge is -2.19. The molecule has 6 heteroatoms. The fraction of sp³-hybridized carbons (Fsp3) is 0.538. The Labute approximate surface area is 123 Å². The predicted octanol–water partition coefficient (Wildman–Crippen LogP) is 2.57. The highest BCUT2D eigenvalue weighted by Gasteiger charge is 2.23. The molecule has 1 unspecified atom stereocenters. The highest BCUT2D eigenvalue weighted by molar-refractivity contribution is 9.10. The van der Waals surface area contributed by atoms with E-state index in [2.05, 4.69) is 20.7 Å². The van der Waals surface area contributed by atoms with Crippen molar-refractivity contribution in [3.05, 3.63) is 27.7 Å². The number of aliphatic hydroxyl groups excluding tert-OH is 1. The maximum Gasteiger partial charge on any atom is 0.241 e. The predicted molar refractivity (Wildman–Crippen MR) is 79.4 cm³/mol. The van der Waals surface area contributed by atoms with Crippen LogP contribution >= 0.6 is 15.9 Å². The third kappa shape index (κ3) is 4.02. The molecule has 0 aliphatic heterocycles. The van der Waals surface area contributed by atoms with E-state index in [1.54, 1.807) is 13.0 Å². The van der Waals surface area contributed by atoms with Gasteiger partial charge in [-0.2, -0.15) is 0 Å². The molecule has 0 heterocycles. The van der Waals surface area contributed by atoms with Gasteiger partial charge in [0.1, 0.15) is 0 Å². The second kappa shape index (κ2) is 6.35. The molecule has 19 heavy (non-hydrogen) atoms. The zero-order chi connectivity index (χ0) is 14.8. The molecule has 1 aromatic rings. The van der Waals surface area contributed by atoms with E-state index in [1.807, 2.05) is 20.8 Å². The quantitative estimate of drug-likeness (QED) is 0.858. The van der Waals surface area contributed by atoms with Crippen LogP contribution in [-0.4, -0.2) is 19.6 Å². The summed E-state index contributed by atoms with van der Waals surface area (Å²) < 4.78 is 27.9. The molecule has 0 saturated heterocycles. The Bertz CT molecular complexity index is 555. The molecule has 0 spiro atoms. The van der Waals surface area contributed by atoms with Crippen LogP contribution in [0.5, 0.6) is 0 Å². The lowest BCUT2D eigenvalue weighted by Crippen LogP contribution is -2.36. The number of hydrogen-bond donors (Lipinski definition) is 2. The van der Waals surface area contributed by atoms with Gasteiger partial charge in [0.15, 0.2) is 0 Å². The Morgan fingerprint density at radius 3 is 2.37 bits per heavy atom. The van der Waals surface area contributed by atoms with E-state index in [0.717, 1.165) is 5.56 Å². The van der Waals surface area contributed by atoms with E-state index in [-0.39, 0.29) is 23.5 Å². The van der Waals surface area contributed by atoms with Gasteiger partial charge < -0.3 is 5.11 Å². The standard InChI is InChI=1S/C13H20BrNO3S/c1-8(2)10(4)15-19(17,18)12-6-11(7-16)5-9(3)13(12)14/h5-6,8,10,15-16H,7H2,1-4H3. The molecule has 0 radical (unpaired) electrons. The van der Waals surface area contributed by atoms with Crippen molar-refractivity contribution in [2.45, 2.75) is 45.2 Å². The van der Waals surface area contributed by atoms with Crippen LogP contribution in [-0.2, 0) is 16.6 Å². The largest absolute Gasteiger partial charge is 0.392 e. The third-order valence-corrected chi connectivity index (χ3v) is 5.99. The molecule has 1 rings (SSSR count). The molecule has 0 aliphatic rings. The van der Waals surface area contributed by atoms with Gasteiger partial charge in [0.25, 0.3) is 0 Å². The number of hydrogen-bond acceptors (Lipinski definition) is 3. The monoisotopic (exact) mass is 349 g/mol. The number of aryl methyl sites for hydroxylation is 1. The molecule has 1 aromatic carbocycles. The van der Waals surface area contributed by atoms with Crippen molar-refractivity contribution in [3.8, 4) is 0 Å². The van der Waals surface area contributed by atoms with Crippen LogP contribution in [0.2, 0.25) is 0 Å². The molecule has 0 saturated carbocycles. The zero-order valence-corrected chi connectivity index (χ0v) is 14.0. The van der Waals surface area contributed by atoms with Gasteiger partial charge in [0, 0.05) is 10.5 Å². The van der Waals surface area contributed by atoms with E-state index >= 15 is 0 Å². The second-order valence-electron chi connectivity index (χ2n) is 5.04. The molecule has 0 bridgehead atoms. The molecular weight excluding hydrogens is 330 g/mol. The fourth-order valence-corrected chi connectivity index (χ4v) is 4.00. The minimum absolute atomic E-state index is 0.157. The molecule has 0 fully saturated rings. The van der Waals surface area contributed by atoms with Crippen LogP contribution in [0.1, 0.15) is 31.9 Å². The first kappa shape index (κ1) is 16.6. The van der Waals surface area contributed by atoms with Crippen molar-refractivity contribution in [1.29, 1.82) is 0 Å². The first-order valence-electron chi connectivity index (χ1n) is 6.11. The van der Waals surface area contributed by atoms with Crippen LogP contribution in [0.4, 0.5) is 0 Å². The average Bonchev–Trinajstić information content (AvgIpc) is 2.31. The molecule has 108 valence electrons. The number of nitrogens with one attached hydrogen (secondary N) is 1. The van der Waals surface area contributed by atoms with Crippen molar-refractivity contribution in [1.82, 2.24) is 4.72 Å². The van der Waals surface area contributed by atoms with Gasteiger partial charge in [-0.25, -0.2) is 13.1 Å². The summed E-state index contributed by atoms with van der Waals surface area (Å²) in [5, 5.41) is 9.18. The van der Waals surface area contributed by atoms with E-state index in [4.69, 9.17) is 0 Å². The normalized spacial score (nSPS) is 13.8. The first-order chi connectivity index (χ1) is 8.69. The first-order valence-corrected chi connectivity index (χ1v) is 8.39. The van der Waals surface area contributed by atoms with Crippen LogP contribution in [0.3, 0.4) is 0 Å². The van der Waals surface area contributed by atoms with Crippen LogP contribution in [0, 0.1) is 12.8 Å². The van der Waals surface area contributed by atoms with Gasteiger partial charge in [0.2, 0.25) is 10.0 Å². The van der Waals surface area contributed by atoms with E-state index in [0.29, 0.717) is 10.0 Å². The summed E-state index contributed by atoms with van der Waals surface area (Å²) >= 11 is 3.31. The zero-order valence-electron chi connectivity index (χ0n) is 11.6. The minimum Gasteiger partial charge on any atom is -0.392 e. The van der Waals surface area contributed by atoms with Crippen molar-refractivity contribution in [3.63, 3.8) is 0 Å². The van der Waals surface area contributed by atoms with Gasteiger partial charge in [-0.1, -0.05) is 19.9 Å². The average molecular weight is 350 g/mol. The molecule has 0 aromatic heterocycles. The Morgan fingerprint density at radius 1 is 1.32 bits per heavy atom. The van der Waals surface area contributed by atoms with Gasteiger partial charge >= 0.3 is 0 Å². The van der Waals surface area contributed by atoms with E-state index < -0.39 is 10.0 Å². The van der Waals surface area contributed by atoms with Crippen LogP contribution in [0.15, 0.2) is 21.5 Å². The highest BCUT2D eigenvalue weighted by Crippen LogP contribution is 2.27.